The number of fused-ring (bicyclic) bond motifs is 1. The Balaban J connectivity index is 1.79. The van der Waals surface area contributed by atoms with Crippen molar-refractivity contribution >= 4 is 11.0 Å². The average Bonchev–Trinajstić information content (AvgIpc) is 3.10. The third-order valence-corrected chi connectivity index (χ3v) is 5.72. The first-order chi connectivity index (χ1) is 14.1. The summed E-state index contributed by atoms with van der Waals surface area (Å²) in [5, 5.41) is 0. The normalized spacial score (nSPS) is 15.3. The zero-order valence-electron chi connectivity index (χ0n) is 17.5. The number of ether oxygens (including phenoxy) is 2. The zero-order chi connectivity index (χ0) is 20.4. The lowest BCUT2D eigenvalue weighted by Crippen LogP contribution is -2.19. The summed E-state index contributed by atoms with van der Waals surface area (Å²) >= 11 is 0. The van der Waals surface area contributed by atoms with Crippen LogP contribution in [0, 0.1) is 6.92 Å². The highest BCUT2D eigenvalue weighted by Gasteiger charge is 2.23. The number of nitrogens with zero attached hydrogens (tertiary/aromatic N) is 3. The molecule has 1 aromatic carbocycles. The predicted octanol–water partition coefficient (Wildman–Crippen LogP) is 3.64. The summed E-state index contributed by atoms with van der Waals surface area (Å²) in [6.07, 6.45) is 3.91. The third-order valence-electron chi connectivity index (χ3n) is 5.72. The van der Waals surface area contributed by atoms with Crippen LogP contribution in [0.2, 0.25) is 0 Å². The molecule has 0 aliphatic carbocycles. The predicted molar refractivity (Wildman–Crippen MR) is 114 cm³/mol. The summed E-state index contributed by atoms with van der Waals surface area (Å²) in [6.45, 7) is 7.63. The number of aryl methyl sites for hydroxylation is 2. The van der Waals surface area contributed by atoms with Crippen LogP contribution in [-0.2, 0) is 23.1 Å². The molecule has 0 spiro atoms. The van der Waals surface area contributed by atoms with Crippen molar-refractivity contribution in [2.24, 2.45) is 7.05 Å². The molecular weight excluding hydrogens is 366 g/mol. The molecule has 6 nitrogen and oxygen atoms in total. The number of aromatic nitrogens is 3. The lowest BCUT2D eigenvalue weighted by Gasteiger charge is -2.22. The molecule has 0 radical (unpaired) electrons. The fourth-order valence-electron chi connectivity index (χ4n) is 4.16. The molecule has 6 heteroatoms. The number of benzene rings is 1. The molecule has 0 saturated carbocycles. The van der Waals surface area contributed by atoms with Crippen LogP contribution in [0.1, 0.15) is 37.1 Å². The van der Waals surface area contributed by atoms with Gasteiger partial charge in [0.15, 0.2) is 0 Å². The minimum absolute atomic E-state index is 0.0402. The molecule has 29 heavy (non-hydrogen) atoms. The standard InChI is InChI=1S/C23H29N3O3/c1-4-28-12-9-26-21-14-18(19-13-16(2)23(27)25(3)15-19)5-6-20(21)24-22(26)17-7-10-29-11-8-17/h5-6,13-15,17H,4,7-12H2,1-3H3. The summed E-state index contributed by atoms with van der Waals surface area (Å²) < 4.78 is 15.2. The van der Waals surface area contributed by atoms with E-state index in [1.54, 1.807) is 11.6 Å². The van der Waals surface area contributed by atoms with Gasteiger partial charge in [0.1, 0.15) is 5.82 Å². The van der Waals surface area contributed by atoms with E-state index in [1.165, 1.54) is 0 Å². The molecule has 3 aromatic rings. The molecular formula is C23H29N3O3. The van der Waals surface area contributed by atoms with Gasteiger partial charge < -0.3 is 18.6 Å². The van der Waals surface area contributed by atoms with E-state index in [9.17, 15) is 4.79 Å². The number of hydrogen-bond acceptors (Lipinski definition) is 4. The summed E-state index contributed by atoms with van der Waals surface area (Å²) in [5.41, 5.74) is 5.05. The van der Waals surface area contributed by atoms with Gasteiger partial charge in [-0.05, 0) is 56.0 Å². The molecule has 3 heterocycles. The quantitative estimate of drug-likeness (QED) is 0.598. The van der Waals surface area contributed by atoms with Crippen molar-refractivity contribution in [2.45, 2.75) is 39.2 Å². The second-order valence-electron chi connectivity index (χ2n) is 7.74. The number of imidazole rings is 1. The Morgan fingerprint density at radius 2 is 2.00 bits per heavy atom. The van der Waals surface area contributed by atoms with E-state index in [0.717, 1.165) is 66.1 Å². The lowest BCUT2D eigenvalue weighted by molar-refractivity contribution is 0.0821. The van der Waals surface area contributed by atoms with E-state index < -0.39 is 0 Å². The first-order valence-electron chi connectivity index (χ1n) is 10.4. The van der Waals surface area contributed by atoms with Crippen molar-refractivity contribution in [1.29, 1.82) is 0 Å². The van der Waals surface area contributed by atoms with Crippen LogP contribution in [-0.4, -0.2) is 40.5 Å². The molecule has 1 fully saturated rings. The summed E-state index contributed by atoms with van der Waals surface area (Å²) in [5.74, 6) is 1.55. The first kappa shape index (κ1) is 19.9. The third kappa shape index (κ3) is 4.00. The van der Waals surface area contributed by atoms with Crippen molar-refractivity contribution < 1.29 is 9.47 Å². The van der Waals surface area contributed by atoms with E-state index in [-0.39, 0.29) is 5.56 Å². The van der Waals surface area contributed by atoms with Crippen LogP contribution in [0.5, 0.6) is 0 Å². The minimum Gasteiger partial charge on any atom is -0.381 e. The SMILES string of the molecule is CCOCCn1c(C2CCOCC2)nc2ccc(-c3cc(C)c(=O)n(C)c3)cc21. The van der Waals surface area contributed by atoms with E-state index in [2.05, 4.69) is 22.8 Å². The summed E-state index contributed by atoms with van der Waals surface area (Å²) in [6, 6.07) is 8.33. The molecule has 0 unspecified atom stereocenters. The molecule has 0 bridgehead atoms. The van der Waals surface area contributed by atoms with Crippen molar-refractivity contribution in [3.63, 3.8) is 0 Å². The van der Waals surface area contributed by atoms with Gasteiger partial charge in [-0.2, -0.15) is 0 Å². The second-order valence-corrected chi connectivity index (χ2v) is 7.74. The Hall–Kier alpha value is -2.44. The molecule has 0 amide bonds. The van der Waals surface area contributed by atoms with Gasteiger partial charge in [0.25, 0.3) is 5.56 Å². The largest absolute Gasteiger partial charge is 0.381 e. The van der Waals surface area contributed by atoms with Crippen LogP contribution in [0.25, 0.3) is 22.2 Å². The highest BCUT2D eigenvalue weighted by Crippen LogP contribution is 2.31. The Kier molecular flexibility index (Phi) is 5.83. The highest BCUT2D eigenvalue weighted by molar-refractivity contribution is 5.82. The van der Waals surface area contributed by atoms with Crippen LogP contribution in [0.15, 0.2) is 35.3 Å². The maximum atomic E-state index is 12.1. The van der Waals surface area contributed by atoms with Crippen LogP contribution in [0.4, 0.5) is 0 Å². The van der Waals surface area contributed by atoms with E-state index >= 15 is 0 Å². The maximum absolute atomic E-state index is 12.1. The van der Waals surface area contributed by atoms with E-state index in [0.29, 0.717) is 19.1 Å². The summed E-state index contributed by atoms with van der Waals surface area (Å²) in [7, 11) is 1.80. The lowest BCUT2D eigenvalue weighted by atomic mass is 9.99. The Morgan fingerprint density at radius 1 is 1.21 bits per heavy atom. The smallest absolute Gasteiger partial charge is 0.253 e. The van der Waals surface area contributed by atoms with Gasteiger partial charge >= 0.3 is 0 Å². The second kappa shape index (κ2) is 8.51. The monoisotopic (exact) mass is 395 g/mol. The molecule has 1 aliphatic rings. The van der Waals surface area contributed by atoms with Crippen LogP contribution >= 0.6 is 0 Å². The average molecular weight is 396 g/mol. The fraction of sp³-hybridized carbons (Fsp3) is 0.478. The molecule has 0 atom stereocenters. The molecule has 0 N–H and O–H groups in total. The van der Waals surface area contributed by atoms with Gasteiger partial charge in [-0.1, -0.05) is 6.07 Å². The molecule has 1 saturated heterocycles. The Morgan fingerprint density at radius 3 is 2.72 bits per heavy atom. The van der Waals surface area contributed by atoms with E-state index in [4.69, 9.17) is 14.5 Å². The van der Waals surface area contributed by atoms with Crippen molar-refractivity contribution in [1.82, 2.24) is 14.1 Å². The minimum atomic E-state index is 0.0402. The Labute approximate surface area is 171 Å². The van der Waals surface area contributed by atoms with Crippen molar-refractivity contribution in [3.05, 3.63) is 52.2 Å². The van der Waals surface area contributed by atoms with Gasteiger partial charge in [0, 0.05) is 51.1 Å². The van der Waals surface area contributed by atoms with Crippen molar-refractivity contribution in [2.75, 3.05) is 26.4 Å². The Bertz CT molecular complexity index is 1030. The van der Waals surface area contributed by atoms with Crippen LogP contribution in [0.3, 0.4) is 0 Å². The molecule has 154 valence electrons. The highest BCUT2D eigenvalue weighted by atomic mass is 16.5. The van der Waals surface area contributed by atoms with Crippen LogP contribution < -0.4 is 5.56 Å². The zero-order valence-corrected chi connectivity index (χ0v) is 17.5. The van der Waals surface area contributed by atoms with Gasteiger partial charge in [-0.3, -0.25) is 4.79 Å². The molecule has 2 aromatic heterocycles. The van der Waals surface area contributed by atoms with Gasteiger partial charge in [0.2, 0.25) is 0 Å². The van der Waals surface area contributed by atoms with Gasteiger partial charge in [-0.25, -0.2) is 4.98 Å². The molecule has 4 rings (SSSR count). The fourth-order valence-corrected chi connectivity index (χ4v) is 4.16. The number of pyridine rings is 1. The van der Waals surface area contributed by atoms with Crippen molar-refractivity contribution in [3.8, 4) is 11.1 Å². The van der Waals surface area contributed by atoms with Gasteiger partial charge in [-0.15, -0.1) is 0 Å². The molecule has 1 aliphatic heterocycles. The number of hydrogen-bond donors (Lipinski definition) is 0. The topological polar surface area (TPSA) is 58.3 Å². The first-order valence-corrected chi connectivity index (χ1v) is 10.4. The number of rotatable bonds is 6. The summed E-state index contributed by atoms with van der Waals surface area (Å²) in [4.78, 5) is 17.1. The van der Waals surface area contributed by atoms with E-state index in [1.807, 2.05) is 26.1 Å². The van der Waals surface area contributed by atoms with Gasteiger partial charge in [0.05, 0.1) is 17.6 Å². The maximum Gasteiger partial charge on any atom is 0.253 e.